The predicted octanol–water partition coefficient (Wildman–Crippen LogP) is 3.95. The lowest BCUT2D eigenvalue weighted by Gasteiger charge is -2.35. The number of amides is 1. The molecule has 2 N–H and O–H groups in total. The Hall–Kier alpha value is -0.420. The van der Waals surface area contributed by atoms with Crippen molar-refractivity contribution in [3.63, 3.8) is 0 Å². The lowest BCUT2D eigenvalue weighted by atomic mass is 9.83. The number of thioether (sulfide) groups is 1. The highest BCUT2D eigenvalue weighted by molar-refractivity contribution is 7.99. The van der Waals surface area contributed by atoms with Gasteiger partial charge in [0.1, 0.15) is 5.60 Å². The highest BCUT2D eigenvalue weighted by Gasteiger charge is 2.27. The fourth-order valence-electron chi connectivity index (χ4n) is 3.58. The third-order valence-electron chi connectivity index (χ3n) is 4.69. The SMILES string of the molecule is CC(C)(C)OC(=O)NCC(NC1CCCSC1)C1CCCCC1. The summed E-state index contributed by atoms with van der Waals surface area (Å²) < 4.78 is 5.38. The van der Waals surface area contributed by atoms with E-state index in [1.165, 1.54) is 56.5 Å². The highest BCUT2D eigenvalue weighted by Crippen LogP contribution is 2.27. The Morgan fingerprint density at radius 1 is 1.17 bits per heavy atom. The molecular formula is C18H34N2O2S. The molecule has 2 aliphatic rings. The molecule has 2 rings (SSSR count). The Morgan fingerprint density at radius 2 is 1.91 bits per heavy atom. The second-order valence-electron chi connectivity index (χ2n) is 7.97. The zero-order chi connectivity index (χ0) is 16.7. The zero-order valence-electron chi connectivity index (χ0n) is 15.0. The van der Waals surface area contributed by atoms with Crippen LogP contribution in [0.1, 0.15) is 65.7 Å². The van der Waals surface area contributed by atoms with Crippen LogP contribution >= 0.6 is 11.8 Å². The van der Waals surface area contributed by atoms with E-state index in [4.69, 9.17) is 4.74 Å². The van der Waals surface area contributed by atoms with Crippen molar-refractivity contribution >= 4 is 17.9 Å². The molecule has 0 aromatic rings. The number of carbonyl (C=O) groups is 1. The summed E-state index contributed by atoms with van der Waals surface area (Å²) in [5.74, 6) is 3.18. The smallest absolute Gasteiger partial charge is 0.407 e. The van der Waals surface area contributed by atoms with Gasteiger partial charge in [0.2, 0.25) is 0 Å². The van der Waals surface area contributed by atoms with Gasteiger partial charge < -0.3 is 15.4 Å². The minimum Gasteiger partial charge on any atom is -0.444 e. The van der Waals surface area contributed by atoms with E-state index in [9.17, 15) is 4.79 Å². The molecule has 0 spiro atoms. The first-order chi connectivity index (χ1) is 10.9. The molecule has 0 radical (unpaired) electrons. The summed E-state index contributed by atoms with van der Waals surface area (Å²) in [5, 5.41) is 6.85. The Kier molecular flexibility index (Phi) is 7.54. The van der Waals surface area contributed by atoms with Crippen LogP contribution in [-0.4, -0.2) is 41.8 Å². The average molecular weight is 343 g/mol. The minimum absolute atomic E-state index is 0.293. The normalized spacial score (nSPS) is 24.9. The summed E-state index contributed by atoms with van der Waals surface area (Å²) in [6, 6.07) is 0.979. The maximum Gasteiger partial charge on any atom is 0.407 e. The molecule has 1 aliphatic heterocycles. The highest BCUT2D eigenvalue weighted by atomic mass is 32.2. The van der Waals surface area contributed by atoms with Crippen molar-refractivity contribution in [1.82, 2.24) is 10.6 Å². The largest absolute Gasteiger partial charge is 0.444 e. The van der Waals surface area contributed by atoms with Gasteiger partial charge in [-0.25, -0.2) is 4.79 Å². The summed E-state index contributed by atoms with van der Waals surface area (Å²) in [4.78, 5) is 12.0. The average Bonchev–Trinajstić information content (AvgIpc) is 2.51. The van der Waals surface area contributed by atoms with Gasteiger partial charge in [-0.2, -0.15) is 11.8 Å². The maximum absolute atomic E-state index is 12.0. The van der Waals surface area contributed by atoms with Gasteiger partial charge in [0.25, 0.3) is 0 Å². The monoisotopic (exact) mass is 342 g/mol. The molecule has 1 amide bonds. The first-order valence-electron chi connectivity index (χ1n) is 9.25. The van der Waals surface area contributed by atoms with E-state index in [1.54, 1.807) is 0 Å². The van der Waals surface area contributed by atoms with E-state index < -0.39 is 5.60 Å². The minimum atomic E-state index is -0.433. The number of alkyl carbamates (subject to hydrolysis) is 1. The van der Waals surface area contributed by atoms with Gasteiger partial charge in [-0.05, 0) is 58.1 Å². The molecule has 0 bridgehead atoms. The van der Waals surface area contributed by atoms with Gasteiger partial charge in [-0.1, -0.05) is 19.3 Å². The molecule has 2 unspecified atom stereocenters. The molecule has 5 heteroatoms. The van der Waals surface area contributed by atoms with E-state index in [1.807, 2.05) is 32.5 Å². The van der Waals surface area contributed by atoms with Crippen LogP contribution in [0, 0.1) is 5.92 Å². The molecule has 1 aliphatic carbocycles. The summed E-state index contributed by atoms with van der Waals surface area (Å²) in [5.41, 5.74) is -0.433. The van der Waals surface area contributed by atoms with E-state index in [2.05, 4.69) is 10.6 Å². The summed E-state index contributed by atoms with van der Waals surface area (Å²) in [6.45, 7) is 6.40. The molecule has 2 fully saturated rings. The molecule has 1 saturated heterocycles. The maximum atomic E-state index is 12.0. The van der Waals surface area contributed by atoms with Crippen molar-refractivity contribution < 1.29 is 9.53 Å². The van der Waals surface area contributed by atoms with Crippen LogP contribution in [0.15, 0.2) is 0 Å². The molecular weight excluding hydrogens is 308 g/mol. The van der Waals surface area contributed by atoms with Crippen LogP contribution < -0.4 is 10.6 Å². The Balaban J connectivity index is 1.85. The second kappa shape index (κ2) is 9.16. The van der Waals surface area contributed by atoms with Crippen LogP contribution in [0.2, 0.25) is 0 Å². The van der Waals surface area contributed by atoms with Gasteiger partial charge in [0, 0.05) is 24.4 Å². The topological polar surface area (TPSA) is 50.4 Å². The predicted molar refractivity (Wildman–Crippen MR) is 98.1 cm³/mol. The van der Waals surface area contributed by atoms with E-state index >= 15 is 0 Å². The van der Waals surface area contributed by atoms with Crippen LogP contribution in [-0.2, 0) is 4.74 Å². The standard InChI is InChI=1S/C18H34N2O2S/c1-18(2,3)22-17(21)19-12-16(14-8-5-4-6-9-14)20-15-10-7-11-23-13-15/h14-16,20H,4-13H2,1-3H3,(H,19,21). The second-order valence-corrected chi connectivity index (χ2v) is 9.12. The molecule has 4 nitrogen and oxygen atoms in total. The Labute approximate surface area is 145 Å². The van der Waals surface area contributed by atoms with Gasteiger partial charge in [-0.3, -0.25) is 0 Å². The Morgan fingerprint density at radius 3 is 2.52 bits per heavy atom. The van der Waals surface area contributed by atoms with E-state index in [-0.39, 0.29) is 6.09 Å². The fraction of sp³-hybridized carbons (Fsp3) is 0.944. The zero-order valence-corrected chi connectivity index (χ0v) is 15.8. The van der Waals surface area contributed by atoms with Crippen molar-refractivity contribution in [2.75, 3.05) is 18.1 Å². The van der Waals surface area contributed by atoms with Crippen LogP contribution in [0.25, 0.3) is 0 Å². The van der Waals surface area contributed by atoms with Gasteiger partial charge in [0.15, 0.2) is 0 Å². The van der Waals surface area contributed by atoms with Crippen LogP contribution in [0.3, 0.4) is 0 Å². The first-order valence-corrected chi connectivity index (χ1v) is 10.4. The lowest BCUT2D eigenvalue weighted by Crippen LogP contribution is -2.51. The van der Waals surface area contributed by atoms with Crippen molar-refractivity contribution in [2.24, 2.45) is 5.92 Å². The summed E-state index contributed by atoms with van der Waals surface area (Å²) in [6.07, 6.45) is 8.87. The van der Waals surface area contributed by atoms with Gasteiger partial charge in [-0.15, -0.1) is 0 Å². The lowest BCUT2D eigenvalue weighted by molar-refractivity contribution is 0.0514. The van der Waals surface area contributed by atoms with Crippen LogP contribution in [0.4, 0.5) is 4.79 Å². The molecule has 0 aromatic carbocycles. The van der Waals surface area contributed by atoms with Crippen molar-refractivity contribution in [1.29, 1.82) is 0 Å². The van der Waals surface area contributed by atoms with E-state index in [0.717, 1.165) is 0 Å². The molecule has 23 heavy (non-hydrogen) atoms. The summed E-state index contributed by atoms with van der Waals surface area (Å²) in [7, 11) is 0. The molecule has 2 atom stereocenters. The van der Waals surface area contributed by atoms with Crippen molar-refractivity contribution in [3.05, 3.63) is 0 Å². The number of hydrogen-bond donors (Lipinski definition) is 2. The first kappa shape index (κ1) is 18.9. The quantitative estimate of drug-likeness (QED) is 0.794. The molecule has 134 valence electrons. The molecule has 1 heterocycles. The van der Waals surface area contributed by atoms with Crippen LogP contribution in [0.5, 0.6) is 0 Å². The van der Waals surface area contributed by atoms with Crippen molar-refractivity contribution in [3.8, 4) is 0 Å². The number of rotatable bonds is 5. The number of carbonyl (C=O) groups excluding carboxylic acids is 1. The molecule has 0 aromatic heterocycles. The number of nitrogens with one attached hydrogen (secondary N) is 2. The van der Waals surface area contributed by atoms with Crippen molar-refractivity contribution in [2.45, 2.75) is 83.4 Å². The Bertz CT molecular complexity index is 359. The molecule has 1 saturated carbocycles. The third kappa shape index (κ3) is 7.34. The number of hydrogen-bond acceptors (Lipinski definition) is 4. The number of ether oxygens (including phenoxy) is 1. The van der Waals surface area contributed by atoms with E-state index in [0.29, 0.717) is 24.5 Å². The fourth-order valence-corrected chi connectivity index (χ4v) is 4.67. The van der Waals surface area contributed by atoms with Gasteiger partial charge >= 0.3 is 6.09 Å². The third-order valence-corrected chi connectivity index (χ3v) is 5.91. The van der Waals surface area contributed by atoms with Gasteiger partial charge in [0.05, 0.1) is 0 Å². The summed E-state index contributed by atoms with van der Waals surface area (Å²) >= 11 is 2.05.